The maximum Gasteiger partial charge on any atom is 0.341 e. The Labute approximate surface area is 217 Å². The van der Waals surface area contributed by atoms with Crippen molar-refractivity contribution in [1.82, 2.24) is 24.2 Å². The fourth-order valence-corrected chi connectivity index (χ4v) is 5.44. The number of rotatable bonds is 7. The van der Waals surface area contributed by atoms with Crippen LogP contribution < -0.4 is 15.6 Å². The van der Waals surface area contributed by atoms with Crippen LogP contribution in [0.5, 0.6) is 0 Å². The van der Waals surface area contributed by atoms with Crippen LogP contribution in [0.1, 0.15) is 60.8 Å². The van der Waals surface area contributed by atoms with E-state index in [9.17, 15) is 19.5 Å². The molecule has 3 aromatic rings. The number of aromatic nitrogens is 4. The van der Waals surface area contributed by atoms with Gasteiger partial charge in [-0.25, -0.2) is 14.8 Å². The van der Waals surface area contributed by atoms with Crippen LogP contribution in [-0.2, 0) is 9.53 Å². The Morgan fingerprint density at radius 1 is 1.27 bits per heavy atom. The predicted octanol–water partition coefficient (Wildman–Crippen LogP) is 2.49. The van der Waals surface area contributed by atoms with E-state index in [1.165, 1.54) is 10.8 Å². The number of hydrogen-bond acceptors (Lipinski definition) is 9. The van der Waals surface area contributed by atoms with Crippen LogP contribution in [0.3, 0.4) is 0 Å². The molecule has 2 saturated heterocycles. The van der Waals surface area contributed by atoms with Gasteiger partial charge in [0.2, 0.25) is 16.5 Å². The van der Waals surface area contributed by atoms with Gasteiger partial charge in [-0.15, -0.1) is 0 Å². The highest BCUT2D eigenvalue weighted by Gasteiger charge is 2.34. The number of carbonyl (C=O) groups is 2. The van der Waals surface area contributed by atoms with Crippen LogP contribution in [0.4, 0.5) is 5.82 Å². The normalized spacial score (nSPS) is 18.3. The summed E-state index contributed by atoms with van der Waals surface area (Å²) in [5, 5.41) is 13.3. The van der Waals surface area contributed by atoms with Crippen LogP contribution in [0, 0.1) is 12.8 Å². The topological polar surface area (TPSA) is 140 Å². The highest BCUT2D eigenvalue weighted by molar-refractivity contribution is 7.08. The summed E-state index contributed by atoms with van der Waals surface area (Å²) in [6.07, 6.45) is 4.52. The van der Waals surface area contributed by atoms with E-state index in [0.717, 1.165) is 37.4 Å². The minimum atomic E-state index is -1.31. The largest absolute Gasteiger partial charge is 0.477 e. The van der Waals surface area contributed by atoms with Gasteiger partial charge in [-0.2, -0.15) is 4.37 Å². The Bertz CT molecular complexity index is 1400. The summed E-state index contributed by atoms with van der Waals surface area (Å²) in [6, 6.07) is 1.77. The molecule has 11 nitrogen and oxygen atoms in total. The van der Waals surface area contributed by atoms with Gasteiger partial charge in [0.15, 0.2) is 5.65 Å². The lowest BCUT2D eigenvalue weighted by Gasteiger charge is -2.39. The van der Waals surface area contributed by atoms with E-state index in [2.05, 4.69) is 14.7 Å². The van der Waals surface area contributed by atoms with Crippen LogP contribution >= 0.6 is 11.5 Å². The van der Waals surface area contributed by atoms with Gasteiger partial charge in [-0.05, 0) is 37.8 Å². The van der Waals surface area contributed by atoms with Crippen molar-refractivity contribution in [2.24, 2.45) is 5.92 Å². The molecule has 1 atom stereocenters. The van der Waals surface area contributed by atoms with Crippen LogP contribution in [0.2, 0.25) is 0 Å². The number of hydrogen-bond donors (Lipinski definition) is 2. The number of pyridine rings is 2. The molecule has 2 fully saturated rings. The minimum absolute atomic E-state index is 0.000942. The van der Waals surface area contributed by atoms with E-state index < -0.39 is 11.4 Å². The average molecular weight is 527 g/mol. The third-order valence-electron chi connectivity index (χ3n) is 6.88. The number of amides is 1. The zero-order valence-corrected chi connectivity index (χ0v) is 21.9. The highest BCUT2D eigenvalue weighted by Crippen LogP contribution is 2.29. The van der Waals surface area contributed by atoms with Crippen molar-refractivity contribution >= 4 is 40.3 Å². The summed E-state index contributed by atoms with van der Waals surface area (Å²) in [7, 11) is 0. The number of carboxylic acid groups (broad SMARTS) is 1. The Balaban J connectivity index is 1.42. The molecule has 0 aromatic carbocycles. The maximum atomic E-state index is 13.1. The third-order valence-corrected chi connectivity index (χ3v) is 7.61. The van der Waals surface area contributed by atoms with Crippen LogP contribution in [0.25, 0.3) is 16.2 Å². The summed E-state index contributed by atoms with van der Waals surface area (Å²) in [4.78, 5) is 48.8. The van der Waals surface area contributed by atoms with Gasteiger partial charge < -0.3 is 20.1 Å². The zero-order valence-electron chi connectivity index (χ0n) is 21.1. The molecule has 37 heavy (non-hydrogen) atoms. The van der Waals surface area contributed by atoms with Gasteiger partial charge in [0.25, 0.3) is 0 Å². The van der Waals surface area contributed by atoms with Gasteiger partial charge in [0, 0.05) is 49.9 Å². The molecule has 5 rings (SSSR count). The molecule has 0 saturated carbocycles. The van der Waals surface area contributed by atoms with Crippen molar-refractivity contribution in [2.45, 2.75) is 52.1 Å². The van der Waals surface area contributed by atoms with Crippen molar-refractivity contribution in [2.75, 3.05) is 31.1 Å². The first-order chi connectivity index (χ1) is 17.7. The molecule has 2 aliphatic rings. The van der Waals surface area contributed by atoms with Gasteiger partial charge in [-0.1, -0.05) is 13.8 Å². The van der Waals surface area contributed by atoms with Gasteiger partial charge in [0.1, 0.15) is 17.2 Å². The molecule has 1 unspecified atom stereocenters. The van der Waals surface area contributed by atoms with Crippen molar-refractivity contribution in [1.29, 1.82) is 0 Å². The van der Waals surface area contributed by atoms with E-state index in [4.69, 9.17) is 9.72 Å². The number of anilines is 1. The smallest absolute Gasteiger partial charge is 0.341 e. The molecule has 0 radical (unpaired) electrons. The number of fused-ring (bicyclic) bond motifs is 1. The number of aryl methyl sites for hydroxylation is 1. The van der Waals surface area contributed by atoms with E-state index in [1.54, 1.807) is 13.0 Å². The lowest BCUT2D eigenvalue weighted by Crippen LogP contribution is -2.55. The lowest BCUT2D eigenvalue weighted by molar-refractivity contribution is -0.126. The molecular weight excluding hydrogens is 496 g/mol. The molecule has 3 aromatic heterocycles. The van der Waals surface area contributed by atoms with E-state index in [0.29, 0.717) is 47.6 Å². The summed E-state index contributed by atoms with van der Waals surface area (Å²) >= 11 is 1.12. The summed E-state index contributed by atoms with van der Waals surface area (Å²) < 4.78 is 11.6. The van der Waals surface area contributed by atoms with Crippen molar-refractivity contribution in [3.63, 3.8) is 0 Å². The van der Waals surface area contributed by atoms with Gasteiger partial charge >= 0.3 is 5.97 Å². The number of ether oxygens (including phenoxy) is 1. The first-order valence-electron chi connectivity index (χ1n) is 12.5. The fourth-order valence-electron chi connectivity index (χ4n) is 4.65. The predicted molar refractivity (Wildman–Crippen MR) is 139 cm³/mol. The minimum Gasteiger partial charge on any atom is -0.477 e. The number of nitrogens with one attached hydrogen (secondary N) is 1. The number of nitrogens with zero attached hydrogens (tertiary/aromatic N) is 5. The Morgan fingerprint density at radius 2 is 2.05 bits per heavy atom. The zero-order chi connectivity index (χ0) is 26.3. The maximum absolute atomic E-state index is 13.1. The standard InChI is InChI=1S/C25H30N6O5S/c1-13(2)21-28-25(37-29-21)31-12-17(24(34)35)20(32)19-14(3)8-18(27-22(19)31)30-10-15(11-30)23(33)26-9-16-6-4-5-7-36-16/h8,12-13,15-16H,4-7,9-11H2,1-3H3,(H,26,33)(H,34,35). The van der Waals surface area contributed by atoms with E-state index in [-0.39, 0.29) is 34.8 Å². The molecule has 2 aliphatic heterocycles. The molecule has 196 valence electrons. The Morgan fingerprint density at radius 3 is 2.70 bits per heavy atom. The molecule has 0 bridgehead atoms. The Hall–Kier alpha value is -3.38. The first kappa shape index (κ1) is 25.3. The second-order valence-corrected chi connectivity index (χ2v) is 10.7. The van der Waals surface area contributed by atoms with Crippen molar-refractivity contribution < 1.29 is 19.4 Å². The molecule has 0 aliphatic carbocycles. The fraction of sp³-hybridized carbons (Fsp3) is 0.520. The van der Waals surface area contributed by atoms with Gasteiger partial charge in [-0.3, -0.25) is 14.2 Å². The molecule has 0 spiro atoms. The van der Waals surface area contributed by atoms with Crippen LogP contribution in [0.15, 0.2) is 17.1 Å². The number of aromatic carboxylic acids is 1. The molecular formula is C25H30N6O5S. The second-order valence-electron chi connectivity index (χ2n) is 9.97. The average Bonchev–Trinajstić information content (AvgIpc) is 3.33. The van der Waals surface area contributed by atoms with Crippen LogP contribution in [-0.4, -0.2) is 68.2 Å². The number of carboxylic acids is 1. The first-order valence-corrected chi connectivity index (χ1v) is 13.3. The summed E-state index contributed by atoms with van der Waals surface area (Å²) in [5.41, 5.74) is -0.0135. The lowest BCUT2D eigenvalue weighted by atomic mass is 9.98. The third kappa shape index (κ3) is 4.95. The summed E-state index contributed by atoms with van der Waals surface area (Å²) in [6.45, 7) is 7.99. The Kier molecular flexibility index (Phi) is 6.95. The number of carbonyl (C=O) groups excluding carboxylic acids is 1. The molecule has 1 amide bonds. The van der Waals surface area contributed by atoms with Gasteiger partial charge in [0.05, 0.1) is 17.4 Å². The molecule has 2 N–H and O–H groups in total. The molecule has 12 heteroatoms. The quantitative estimate of drug-likeness (QED) is 0.475. The molecule has 5 heterocycles. The highest BCUT2D eigenvalue weighted by atomic mass is 32.1. The SMILES string of the molecule is Cc1cc(N2CC(C(=O)NCC3CCCCO3)C2)nc2c1c(=O)c(C(=O)O)cn2-c1nc(C(C)C)ns1. The second kappa shape index (κ2) is 10.2. The van der Waals surface area contributed by atoms with Crippen molar-refractivity contribution in [3.8, 4) is 5.13 Å². The van der Waals surface area contributed by atoms with Crippen molar-refractivity contribution in [3.05, 3.63) is 39.4 Å². The summed E-state index contributed by atoms with van der Waals surface area (Å²) in [5.74, 6) is -0.126. The van der Waals surface area contributed by atoms with E-state index in [1.807, 2.05) is 18.7 Å². The monoisotopic (exact) mass is 526 g/mol. The van der Waals surface area contributed by atoms with E-state index >= 15 is 0 Å².